The maximum atomic E-state index is 5.81. The second-order valence-electron chi connectivity index (χ2n) is 7.48. The zero-order chi connectivity index (χ0) is 22.0. The van der Waals surface area contributed by atoms with E-state index in [4.69, 9.17) is 14.5 Å². The molecule has 8 heteroatoms. The molecule has 1 aromatic heterocycles. The van der Waals surface area contributed by atoms with Crippen molar-refractivity contribution in [3.05, 3.63) is 72.3 Å². The first-order valence-corrected chi connectivity index (χ1v) is 11.1. The summed E-state index contributed by atoms with van der Waals surface area (Å²) in [5.41, 5.74) is 1.15. The average molecular weight is 435 g/mol. The number of hydrogen-bond acceptors (Lipinski definition) is 5. The number of nitrogens with zero attached hydrogens (tertiary/aromatic N) is 4. The Morgan fingerprint density at radius 3 is 2.91 bits per heavy atom. The lowest BCUT2D eigenvalue weighted by molar-refractivity contribution is 0.261. The van der Waals surface area contributed by atoms with Gasteiger partial charge in [0.1, 0.15) is 30.3 Å². The molecule has 0 bridgehead atoms. The van der Waals surface area contributed by atoms with E-state index in [1.165, 1.54) is 0 Å². The van der Waals surface area contributed by atoms with Gasteiger partial charge in [-0.15, -0.1) is 10.2 Å². The van der Waals surface area contributed by atoms with Gasteiger partial charge in [-0.25, -0.2) is 0 Å². The molecule has 4 rings (SSSR count). The summed E-state index contributed by atoms with van der Waals surface area (Å²) in [7, 11) is 0. The first-order chi connectivity index (χ1) is 15.8. The minimum atomic E-state index is 0.141. The summed E-state index contributed by atoms with van der Waals surface area (Å²) in [6.07, 6.45) is 3.49. The van der Waals surface area contributed by atoms with Gasteiger partial charge in [-0.3, -0.25) is 4.99 Å². The number of rotatable bonds is 9. The number of benzene rings is 2. The maximum absolute atomic E-state index is 5.81. The number of aromatic nitrogens is 3. The molecular weight excluding hydrogens is 404 g/mol. The van der Waals surface area contributed by atoms with Crippen LogP contribution in [0.3, 0.4) is 0 Å². The van der Waals surface area contributed by atoms with Crippen LogP contribution in [0.1, 0.15) is 30.8 Å². The number of guanidine groups is 1. The summed E-state index contributed by atoms with van der Waals surface area (Å²) >= 11 is 0. The quantitative estimate of drug-likeness (QED) is 0.306. The zero-order valence-electron chi connectivity index (χ0n) is 18.4. The molecule has 1 unspecified atom stereocenters. The number of aryl methyl sites for hydroxylation is 1. The molecule has 0 radical (unpaired) electrons. The number of fused-ring (bicyclic) bond motifs is 1. The normalized spacial score (nSPS) is 15.5. The van der Waals surface area contributed by atoms with Gasteiger partial charge < -0.3 is 24.7 Å². The highest BCUT2D eigenvalue weighted by Crippen LogP contribution is 2.31. The van der Waals surface area contributed by atoms with E-state index in [9.17, 15) is 0 Å². The molecule has 3 aromatic rings. The highest BCUT2D eigenvalue weighted by molar-refractivity contribution is 5.80. The van der Waals surface area contributed by atoms with Gasteiger partial charge in [0.25, 0.3) is 0 Å². The molecule has 1 aliphatic rings. The van der Waals surface area contributed by atoms with Crippen LogP contribution >= 0.6 is 0 Å². The molecule has 2 N–H and O–H groups in total. The smallest absolute Gasteiger partial charge is 0.191 e. The summed E-state index contributed by atoms with van der Waals surface area (Å²) in [6.45, 7) is 5.28. The van der Waals surface area contributed by atoms with E-state index < -0.39 is 0 Å². The van der Waals surface area contributed by atoms with Crippen LogP contribution in [0.2, 0.25) is 0 Å². The lowest BCUT2D eigenvalue weighted by atomic mass is 10.0. The monoisotopic (exact) mass is 434 g/mol. The fourth-order valence-corrected chi connectivity index (χ4v) is 3.67. The second-order valence-corrected chi connectivity index (χ2v) is 7.48. The van der Waals surface area contributed by atoms with E-state index in [2.05, 4.69) is 33.8 Å². The third-order valence-corrected chi connectivity index (χ3v) is 5.30. The third-order valence-electron chi connectivity index (χ3n) is 5.30. The molecule has 0 aliphatic carbocycles. The molecule has 2 heterocycles. The molecule has 2 aromatic carbocycles. The topological polar surface area (TPSA) is 85.6 Å². The number of ether oxygens (including phenoxy) is 2. The van der Waals surface area contributed by atoms with E-state index in [1.807, 2.05) is 53.1 Å². The van der Waals surface area contributed by atoms with E-state index in [-0.39, 0.29) is 6.04 Å². The Hall–Kier alpha value is -3.55. The lowest BCUT2D eigenvalue weighted by Crippen LogP contribution is -2.42. The summed E-state index contributed by atoms with van der Waals surface area (Å²) in [6, 6.07) is 18.1. The van der Waals surface area contributed by atoms with E-state index >= 15 is 0 Å². The molecular formula is C24H30N6O2. The Kier molecular flexibility index (Phi) is 7.57. The fourth-order valence-electron chi connectivity index (χ4n) is 3.67. The molecule has 0 amide bonds. The maximum Gasteiger partial charge on any atom is 0.191 e. The Labute approximate surface area is 188 Å². The van der Waals surface area contributed by atoms with Crippen molar-refractivity contribution in [2.45, 2.75) is 32.4 Å². The third kappa shape index (κ3) is 5.78. The van der Waals surface area contributed by atoms with Crippen LogP contribution in [0.4, 0.5) is 0 Å². The number of aliphatic imine (C=N–C) groups is 1. The van der Waals surface area contributed by atoms with E-state index in [0.717, 1.165) is 48.2 Å². The molecule has 32 heavy (non-hydrogen) atoms. The molecule has 0 spiro atoms. The van der Waals surface area contributed by atoms with E-state index in [0.29, 0.717) is 26.3 Å². The van der Waals surface area contributed by atoms with Gasteiger partial charge in [0, 0.05) is 24.9 Å². The highest BCUT2D eigenvalue weighted by Gasteiger charge is 2.21. The zero-order valence-corrected chi connectivity index (χ0v) is 18.4. The average Bonchev–Trinajstić information content (AvgIpc) is 3.30. The van der Waals surface area contributed by atoms with Crippen molar-refractivity contribution in [1.82, 2.24) is 25.4 Å². The van der Waals surface area contributed by atoms with Crippen LogP contribution < -0.4 is 20.1 Å². The first-order valence-electron chi connectivity index (χ1n) is 11.1. The number of nitrogens with one attached hydrogen (secondary N) is 2. The van der Waals surface area contributed by atoms with Crippen molar-refractivity contribution in [2.75, 3.05) is 26.3 Å². The second kappa shape index (κ2) is 11.2. The predicted molar refractivity (Wildman–Crippen MR) is 124 cm³/mol. The van der Waals surface area contributed by atoms with Gasteiger partial charge in [0.05, 0.1) is 25.7 Å². The predicted octanol–water partition coefficient (Wildman–Crippen LogP) is 2.98. The number of para-hydroxylation sites is 2. The van der Waals surface area contributed by atoms with Crippen molar-refractivity contribution in [1.29, 1.82) is 0 Å². The van der Waals surface area contributed by atoms with Crippen LogP contribution in [0.5, 0.6) is 11.5 Å². The van der Waals surface area contributed by atoms with Crippen LogP contribution in [-0.2, 0) is 13.0 Å². The van der Waals surface area contributed by atoms with Crippen LogP contribution in [0.15, 0.2) is 65.9 Å². The SMILES string of the molecule is CCc1nncn1CCN=C(NCCOc1ccccc1)NC1CCOc2ccccc21. The minimum Gasteiger partial charge on any atom is -0.493 e. The first kappa shape index (κ1) is 21.7. The molecule has 0 saturated heterocycles. The largest absolute Gasteiger partial charge is 0.493 e. The Morgan fingerprint density at radius 1 is 1.19 bits per heavy atom. The molecule has 1 atom stereocenters. The van der Waals surface area contributed by atoms with Gasteiger partial charge in [-0.1, -0.05) is 43.3 Å². The highest BCUT2D eigenvalue weighted by atomic mass is 16.5. The van der Waals surface area contributed by atoms with Crippen molar-refractivity contribution in [3.8, 4) is 11.5 Å². The summed E-state index contributed by atoms with van der Waals surface area (Å²) < 4.78 is 13.7. The van der Waals surface area contributed by atoms with Gasteiger partial charge in [-0.05, 0) is 18.2 Å². The van der Waals surface area contributed by atoms with Gasteiger partial charge in [0.2, 0.25) is 0 Å². The molecule has 0 saturated carbocycles. The minimum absolute atomic E-state index is 0.141. The van der Waals surface area contributed by atoms with E-state index in [1.54, 1.807) is 6.33 Å². The van der Waals surface area contributed by atoms with Crippen molar-refractivity contribution < 1.29 is 9.47 Å². The number of hydrogen-bond donors (Lipinski definition) is 2. The van der Waals surface area contributed by atoms with Crippen molar-refractivity contribution in [2.24, 2.45) is 4.99 Å². The molecule has 0 fully saturated rings. The van der Waals surface area contributed by atoms with Crippen molar-refractivity contribution >= 4 is 5.96 Å². The molecule has 1 aliphatic heterocycles. The molecule has 8 nitrogen and oxygen atoms in total. The van der Waals surface area contributed by atoms with Crippen LogP contribution in [-0.4, -0.2) is 47.0 Å². The van der Waals surface area contributed by atoms with Gasteiger partial charge >= 0.3 is 0 Å². The van der Waals surface area contributed by atoms with Gasteiger partial charge in [-0.2, -0.15) is 0 Å². The Morgan fingerprint density at radius 2 is 2.03 bits per heavy atom. The van der Waals surface area contributed by atoms with Crippen LogP contribution in [0.25, 0.3) is 0 Å². The Balaban J connectivity index is 1.39. The lowest BCUT2D eigenvalue weighted by Gasteiger charge is -2.28. The summed E-state index contributed by atoms with van der Waals surface area (Å²) in [4.78, 5) is 4.81. The van der Waals surface area contributed by atoms with Crippen molar-refractivity contribution in [3.63, 3.8) is 0 Å². The summed E-state index contributed by atoms with van der Waals surface area (Å²) in [5, 5.41) is 15.1. The standard InChI is InChI=1S/C24H30N6O2/c1-2-23-29-27-18-30(23)15-13-25-24(26-14-17-31-19-8-4-3-5-9-19)28-21-12-16-32-22-11-7-6-10-20(21)22/h3-11,18,21H,2,12-17H2,1H3,(H2,25,26,28). The molecule has 168 valence electrons. The summed E-state index contributed by atoms with van der Waals surface area (Å²) in [5.74, 6) is 3.52. The Bertz CT molecular complexity index is 1000. The van der Waals surface area contributed by atoms with Gasteiger partial charge in [0.15, 0.2) is 5.96 Å². The van der Waals surface area contributed by atoms with Crippen LogP contribution in [0, 0.1) is 0 Å². The fraction of sp³-hybridized carbons (Fsp3) is 0.375.